The van der Waals surface area contributed by atoms with E-state index in [-0.39, 0.29) is 12.7 Å². The summed E-state index contributed by atoms with van der Waals surface area (Å²) in [6, 6.07) is 8.16. The van der Waals surface area contributed by atoms with Gasteiger partial charge in [-0.3, -0.25) is 0 Å². The molecule has 1 aliphatic rings. The molecule has 2 aromatic heterocycles. The fourth-order valence-electron chi connectivity index (χ4n) is 2.79. The zero-order valence-electron chi connectivity index (χ0n) is 12.3. The first-order valence-corrected chi connectivity index (χ1v) is 8.26. The fraction of sp³-hybridized carbons (Fsp3) is 0.375. The number of hydrogen-bond donors (Lipinski definition) is 1. The van der Waals surface area contributed by atoms with E-state index in [2.05, 4.69) is 29.1 Å². The number of rotatable bonds is 3. The summed E-state index contributed by atoms with van der Waals surface area (Å²) in [6.07, 6.45) is 2.17. The van der Waals surface area contributed by atoms with E-state index >= 15 is 0 Å². The van der Waals surface area contributed by atoms with Crippen LogP contribution in [0, 0.1) is 6.92 Å². The van der Waals surface area contributed by atoms with Crippen LogP contribution in [0.3, 0.4) is 0 Å². The fourth-order valence-corrected chi connectivity index (χ4v) is 3.79. The molecule has 0 spiro atoms. The second-order valence-electron chi connectivity index (χ2n) is 5.57. The third-order valence-electron chi connectivity index (χ3n) is 3.99. The Bertz CT molecular complexity index is 801. The Kier molecular flexibility index (Phi) is 3.44. The second-order valence-corrected chi connectivity index (χ2v) is 6.56. The third kappa shape index (κ3) is 2.24. The van der Waals surface area contributed by atoms with Gasteiger partial charge in [-0.25, -0.2) is 9.50 Å². The van der Waals surface area contributed by atoms with Crippen molar-refractivity contribution in [3.05, 3.63) is 40.5 Å². The van der Waals surface area contributed by atoms with Crippen LogP contribution < -0.4 is 0 Å². The van der Waals surface area contributed by atoms with Crippen LogP contribution in [0.15, 0.2) is 24.3 Å². The quantitative estimate of drug-likeness (QED) is 0.807. The summed E-state index contributed by atoms with van der Waals surface area (Å²) in [6.45, 7) is 2.77. The summed E-state index contributed by atoms with van der Waals surface area (Å²) < 4.78 is 7.44. The highest BCUT2D eigenvalue weighted by atomic mass is 32.1. The average Bonchev–Trinajstić information content (AvgIpc) is 3.22. The summed E-state index contributed by atoms with van der Waals surface area (Å²) in [4.78, 5) is 5.49. The monoisotopic (exact) mass is 315 g/mol. The maximum atomic E-state index is 9.77. The Morgan fingerprint density at radius 1 is 1.36 bits per heavy atom. The lowest BCUT2D eigenvalue weighted by atomic mass is 10.1. The number of fused-ring (bicyclic) bond motifs is 1. The number of ether oxygens (including phenoxy) is 1. The number of aliphatic hydroxyl groups excluding tert-OH is 1. The first-order valence-electron chi connectivity index (χ1n) is 7.44. The van der Waals surface area contributed by atoms with Gasteiger partial charge in [-0.1, -0.05) is 41.2 Å². The van der Waals surface area contributed by atoms with Gasteiger partial charge in [-0.15, -0.1) is 0 Å². The molecular formula is C16H17N3O2S. The van der Waals surface area contributed by atoms with E-state index in [1.165, 1.54) is 5.56 Å². The van der Waals surface area contributed by atoms with Crippen LogP contribution in [0.1, 0.15) is 35.2 Å². The third-order valence-corrected chi connectivity index (χ3v) is 4.99. The number of imidazole rings is 1. The minimum absolute atomic E-state index is 0.0843. The lowest BCUT2D eigenvalue weighted by Gasteiger charge is -2.04. The van der Waals surface area contributed by atoms with E-state index in [1.54, 1.807) is 15.9 Å². The molecule has 1 saturated heterocycles. The molecule has 0 saturated carbocycles. The van der Waals surface area contributed by atoms with Gasteiger partial charge in [0.15, 0.2) is 0 Å². The summed E-state index contributed by atoms with van der Waals surface area (Å²) in [5, 5.41) is 15.3. The van der Waals surface area contributed by atoms with Gasteiger partial charge >= 0.3 is 0 Å². The Labute approximate surface area is 132 Å². The predicted octanol–water partition coefficient (Wildman–Crippen LogP) is 3.11. The highest BCUT2D eigenvalue weighted by Gasteiger charge is 2.24. The molecule has 6 heteroatoms. The van der Waals surface area contributed by atoms with E-state index in [1.807, 2.05) is 12.1 Å². The van der Waals surface area contributed by atoms with E-state index in [4.69, 9.17) is 4.74 Å². The van der Waals surface area contributed by atoms with Crippen LogP contribution in [0.5, 0.6) is 0 Å². The number of aliphatic hydroxyl groups is 1. The minimum Gasteiger partial charge on any atom is -0.390 e. The number of aromatic nitrogens is 3. The number of benzene rings is 1. The van der Waals surface area contributed by atoms with Crippen LogP contribution in [0.2, 0.25) is 0 Å². The van der Waals surface area contributed by atoms with Crippen molar-refractivity contribution in [3.8, 4) is 11.3 Å². The van der Waals surface area contributed by atoms with Crippen molar-refractivity contribution in [1.29, 1.82) is 0 Å². The molecule has 22 heavy (non-hydrogen) atoms. The van der Waals surface area contributed by atoms with E-state index in [0.717, 1.165) is 46.4 Å². The van der Waals surface area contributed by atoms with Gasteiger partial charge < -0.3 is 9.84 Å². The Morgan fingerprint density at radius 3 is 2.86 bits per heavy atom. The summed E-state index contributed by atoms with van der Waals surface area (Å²) in [5.41, 5.74) is 3.75. The molecule has 5 nitrogen and oxygen atoms in total. The van der Waals surface area contributed by atoms with Crippen molar-refractivity contribution in [2.45, 2.75) is 32.5 Å². The molecule has 114 valence electrons. The van der Waals surface area contributed by atoms with Crippen LogP contribution in [-0.4, -0.2) is 26.3 Å². The number of nitrogens with zero attached hydrogens (tertiary/aromatic N) is 3. The first kappa shape index (κ1) is 13.9. The van der Waals surface area contributed by atoms with Gasteiger partial charge in [0, 0.05) is 12.2 Å². The standard InChI is InChI=1S/C16H17N3O2S/c1-10-4-6-11(7-5-10)14-12(9-20)19-16(17-14)22-15(18-19)13-3-2-8-21-13/h4-7,13,20H,2-3,8-9H2,1H3. The van der Waals surface area contributed by atoms with Gasteiger partial charge in [-0.2, -0.15) is 5.10 Å². The average molecular weight is 315 g/mol. The lowest BCUT2D eigenvalue weighted by Crippen LogP contribution is -2.00. The molecule has 4 rings (SSSR count). The van der Waals surface area contributed by atoms with Crippen LogP contribution in [-0.2, 0) is 11.3 Å². The molecule has 3 aromatic rings. The SMILES string of the molecule is Cc1ccc(-c2nc3sc(C4CCCO4)nn3c2CO)cc1. The summed E-state index contributed by atoms with van der Waals surface area (Å²) in [7, 11) is 0. The molecule has 0 radical (unpaired) electrons. The van der Waals surface area contributed by atoms with Gasteiger partial charge in [0.05, 0.1) is 18.0 Å². The number of aryl methyl sites for hydroxylation is 1. The van der Waals surface area contributed by atoms with E-state index in [0.29, 0.717) is 0 Å². The predicted molar refractivity (Wildman–Crippen MR) is 84.9 cm³/mol. The normalized spacial score (nSPS) is 18.4. The maximum Gasteiger partial charge on any atom is 0.213 e. The lowest BCUT2D eigenvalue weighted by molar-refractivity contribution is 0.111. The highest BCUT2D eigenvalue weighted by Crippen LogP contribution is 2.34. The Hall–Kier alpha value is -1.76. The first-order chi connectivity index (χ1) is 10.8. The van der Waals surface area contributed by atoms with Crippen molar-refractivity contribution >= 4 is 16.3 Å². The van der Waals surface area contributed by atoms with Crippen LogP contribution in [0.4, 0.5) is 0 Å². The zero-order chi connectivity index (χ0) is 15.1. The zero-order valence-corrected chi connectivity index (χ0v) is 13.1. The second kappa shape index (κ2) is 5.46. The van der Waals surface area contributed by atoms with Crippen LogP contribution >= 0.6 is 11.3 Å². The van der Waals surface area contributed by atoms with Gasteiger partial charge in [0.2, 0.25) is 4.96 Å². The molecule has 1 unspecified atom stereocenters. The van der Waals surface area contributed by atoms with Crippen molar-refractivity contribution in [2.75, 3.05) is 6.61 Å². The van der Waals surface area contributed by atoms with Gasteiger partial charge in [0.1, 0.15) is 11.1 Å². The molecule has 1 aromatic carbocycles. The molecule has 0 amide bonds. The van der Waals surface area contributed by atoms with Crippen LogP contribution in [0.25, 0.3) is 16.2 Å². The summed E-state index contributed by atoms with van der Waals surface area (Å²) >= 11 is 1.55. The molecule has 1 aliphatic heterocycles. The molecular weight excluding hydrogens is 298 g/mol. The smallest absolute Gasteiger partial charge is 0.213 e. The number of hydrogen-bond acceptors (Lipinski definition) is 5. The highest BCUT2D eigenvalue weighted by molar-refractivity contribution is 7.16. The largest absolute Gasteiger partial charge is 0.390 e. The van der Waals surface area contributed by atoms with Crippen molar-refractivity contribution < 1.29 is 9.84 Å². The molecule has 3 heterocycles. The molecule has 1 N–H and O–H groups in total. The molecule has 1 atom stereocenters. The minimum atomic E-state index is -0.0843. The molecule has 1 fully saturated rings. The molecule has 0 aliphatic carbocycles. The topological polar surface area (TPSA) is 59.7 Å². The van der Waals surface area contributed by atoms with Crippen molar-refractivity contribution in [2.24, 2.45) is 0 Å². The van der Waals surface area contributed by atoms with E-state index < -0.39 is 0 Å². The van der Waals surface area contributed by atoms with Crippen molar-refractivity contribution in [3.63, 3.8) is 0 Å². The Balaban J connectivity index is 1.79. The Morgan fingerprint density at radius 2 is 2.18 bits per heavy atom. The maximum absolute atomic E-state index is 9.77. The summed E-state index contributed by atoms with van der Waals surface area (Å²) in [5.74, 6) is 0. The van der Waals surface area contributed by atoms with Gasteiger partial charge in [0.25, 0.3) is 0 Å². The van der Waals surface area contributed by atoms with E-state index in [9.17, 15) is 5.11 Å². The molecule has 0 bridgehead atoms. The van der Waals surface area contributed by atoms with Gasteiger partial charge in [-0.05, 0) is 19.8 Å². The van der Waals surface area contributed by atoms with Crippen molar-refractivity contribution in [1.82, 2.24) is 14.6 Å².